The van der Waals surface area contributed by atoms with Crippen molar-refractivity contribution in [3.63, 3.8) is 0 Å². The first-order valence-electron chi connectivity index (χ1n) is 10.2. The Hall–Kier alpha value is -1.97. The molecule has 2 fully saturated rings. The predicted octanol–water partition coefficient (Wildman–Crippen LogP) is 1.04. The molecule has 1 atom stereocenters. The van der Waals surface area contributed by atoms with Gasteiger partial charge in [0.25, 0.3) is 0 Å². The number of nitrogens with zero attached hydrogens (tertiary/aromatic N) is 2. The van der Waals surface area contributed by atoms with Crippen LogP contribution in [0.15, 0.2) is 23.1 Å². The highest BCUT2D eigenvalue weighted by Gasteiger charge is 2.39. The van der Waals surface area contributed by atoms with Crippen molar-refractivity contribution >= 4 is 27.5 Å². The van der Waals surface area contributed by atoms with Gasteiger partial charge in [0, 0.05) is 38.2 Å². The third-order valence-electron chi connectivity index (χ3n) is 5.99. The summed E-state index contributed by atoms with van der Waals surface area (Å²) in [6, 6.07) is 4.31. The fraction of sp³-hybridized carbons (Fsp3) is 0.600. The summed E-state index contributed by atoms with van der Waals surface area (Å²) in [7, 11) is -3.63. The minimum atomic E-state index is -3.63. The number of morpholine rings is 1. The van der Waals surface area contributed by atoms with E-state index in [9.17, 15) is 18.0 Å². The van der Waals surface area contributed by atoms with Crippen molar-refractivity contribution in [2.24, 2.45) is 0 Å². The quantitative estimate of drug-likeness (QED) is 0.784. The van der Waals surface area contributed by atoms with Crippen LogP contribution >= 0.6 is 0 Å². The Balaban J connectivity index is 1.59. The lowest BCUT2D eigenvalue weighted by atomic mass is 10.1. The molecule has 2 aliphatic heterocycles. The fourth-order valence-corrected chi connectivity index (χ4v) is 5.95. The van der Waals surface area contributed by atoms with Gasteiger partial charge in [-0.25, -0.2) is 8.42 Å². The molecule has 1 aliphatic carbocycles. The average Bonchev–Trinajstić information content (AvgIpc) is 3.35. The lowest BCUT2D eigenvalue weighted by molar-refractivity contribution is -0.126. The zero-order valence-corrected chi connectivity index (χ0v) is 17.4. The average molecular weight is 422 g/mol. The Kier molecular flexibility index (Phi) is 5.63. The Morgan fingerprint density at radius 2 is 1.83 bits per heavy atom. The Morgan fingerprint density at radius 3 is 2.48 bits per heavy atom. The number of nitrogens with one attached hydrogen (secondary N) is 1. The van der Waals surface area contributed by atoms with Gasteiger partial charge in [0.05, 0.1) is 18.1 Å². The summed E-state index contributed by atoms with van der Waals surface area (Å²) in [6.07, 6.45) is 4.46. The first-order valence-corrected chi connectivity index (χ1v) is 11.6. The second kappa shape index (κ2) is 8.04. The van der Waals surface area contributed by atoms with Crippen LogP contribution in [0.3, 0.4) is 0 Å². The second-order valence-electron chi connectivity index (χ2n) is 7.91. The van der Waals surface area contributed by atoms with Crippen LogP contribution in [0.1, 0.15) is 38.2 Å². The van der Waals surface area contributed by atoms with Crippen molar-refractivity contribution in [2.75, 3.05) is 31.2 Å². The van der Waals surface area contributed by atoms with Crippen LogP contribution in [0.2, 0.25) is 0 Å². The first kappa shape index (κ1) is 20.3. The molecule has 29 heavy (non-hydrogen) atoms. The van der Waals surface area contributed by atoms with E-state index in [1.807, 2.05) is 0 Å². The second-order valence-corrected chi connectivity index (χ2v) is 9.84. The van der Waals surface area contributed by atoms with E-state index >= 15 is 0 Å². The molecule has 1 saturated carbocycles. The SMILES string of the molecule is CC(=O)N1c2ccc(S(=O)(=O)N3CCOCC3)cc2C[C@@H]1C(=O)NC1CCCC1. The summed E-state index contributed by atoms with van der Waals surface area (Å²) in [5.41, 5.74) is 1.33. The normalized spacial score (nSPS) is 23.2. The Bertz CT molecular complexity index is 905. The molecule has 0 spiro atoms. The van der Waals surface area contributed by atoms with Crippen LogP contribution in [0.25, 0.3) is 0 Å². The Labute approximate surface area is 171 Å². The minimum Gasteiger partial charge on any atom is -0.379 e. The summed E-state index contributed by atoms with van der Waals surface area (Å²) in [4.78, 5) is 26.8. The molecule has 2 heterocycles. The van der Waals surface area contributed by atoms with E-state index in [1.54, 1.807) is 12.1 Å². The van der Waals surface area contributed by atoms with Gasteiger partial charge in [-0.2, -0.15) is 4.31 Å². The van der Waals surface area contributed by atoms with Crippen molar-refractivity contribution in [3.8, 4) is 0 Å². The number of hydrogen-bond acceptors (Lipinski definition) is 5. The highest BCUT2D eigenvalue weighted by molar-refractivity contribution is 7.89. The van der Waals surface area contributed by atoms with Gasteiger partial charge < -0.3 is 10.1 Å². The standard InChI is InChI=1S/C20H27N3O5S/c1-14(24)23-18-7-6-17(29(26,27)22-8-10-28-11-9-22)12-15(18)13-19(23)20(25)21-16-4-2-3-5-16/h6-7,12,16,19H,2-5,8-11,13H2,1H3,(H,21,25)/t19-/m1/s1. The van der Waals surface area contributed by atoms with Gasteiger partial charge in [0.1, 0.15) is 6.04 Å². The smallest absolute Gasteiger partial charge is 0.243 e. The molecule has 1 aromatic carbocycles. The van der Waals surface area contributed by atoms with Gasteiger partial charge in [-0.15, -0.1) is 0 Å². The number of fused-ring (bicyclic) bond motifs is 1. The predicted molar refractivity (Wildman–Crippen MR) is 107 cm³/mol. The van der Waals surface area contributed by atoms with Gasteiger partial charge in [-0.05, 0) is 36.6 Å². The highest BCUT2D eigenvalue weighted by atomic mass is 32.2. The number of carbonyl (C=O) groups is 2. The molecule has 9 heteroatoms. The summed E-state index contributed by atoms with van der Waals surface area (Å²) in [6.45, 7) is 2.84. The molecule has 0 aromatic heterocycles. The zero-order valence-electron chi connectivity index (χ0n) is 16.6. The lowest BCUT2D eigenvalue weighted by Crippen LogP contribution is -2.49. The number of anilines is 1. The summed E-state index contributed by atoms with van der Waals surface area (Å²) in [5, 5.41) is 3.06. The molecule has 8 nitrogen and oxygen atoms in total. The van der Waals surface area contributed by atoms with E-state index in [-0.39, 0.29) is 22.8 Å². The van der Waals surface area contributed by atoms with Crippen molar-refractivity contribution in [3.05, 3.63) is 23.8 Å². The van der Waals surface area contributed by atoms with Gasteiger partial charge in [0.15, 0.2) is 0 Å². The van der Waals surface area contributed by atoms with Crippen LogP contribution in [0.5, 0.6) is 0 Å². The number of rotatable bonds is 4. The molecule has 4 rings (SSSR count). The molecular weight excluding hydrogens is 394 g/mol. The molecule has 0 bridgehead atoms. The molecule has 2 amide bonds. The van der Waals surface area contributed by atoms with Gasteiger partial charge >= 0.3 is 0 Å². The van der Waals surface area contributed by atoms with Crippen LogP contribution in [0, 0.1) is 0 Å². The molecule has 1 N–H and O–H groups in total. The molecule has 1 aromatic rings. The highest BCUT2D eigenvalue weighted by Crippen LogP contribution is 2.35. The van der Waals surface area contributed by atoms with Gasteiger partial charge in [-0.1, -0.05) is 12.8 Å². The van der Waals surface area contributed by atoms with Crippen molar-refractivity contribution < 1.29 is 22.7 Å². The van der Waals surface area contributed by atoms with E-state index in [1.165, 1.54) is 22.2 Å². The third-order valence-corrected chi connectivity index (χ3v) is 7.88. The molecule has 0 unspecified atom stereocenters. The minimum absolute atomic E-state index is 0.164. The number of hydrogen-bond donors (Lipinski definition) is 1. The van der Waals surface area contributed by atoms with Gasteiger partial charge in [0.2, 0.25) is 21.8 Å². The number of amides is 2. The van der Waals surface area contributed by atoms with Crippen molar-refractivity contribution in [2.45, 2.75) is 56.0 Å². The molecule has 158 valence electrons. The summed E-state index contributed by atoms with van der Waals surface area (Å²) in [5.74, 6) is -0.389. The third kappa shape index (κ3) is 3.91. The topological polar surface area (TPSA) is 96.0 Å². The van der Waals surface area contributed by atoms with Gasteiger partial charge in [-0.3, -0.25) is 14.5 Å². The van der Waals surface area contributed by atoms with E-state index in [0.29, 0.717) is 44.0 Å². The van der Waals surface area contributed by atoms with Crippen LogP contribution in [-0.4, -0.2) is 62.9 Å². The van der Waals surface area contributed by atoms with E-state index in [4.69, 9.17) is 4.74 Å². The maximum absolute atomic E-state index is 13.0. The maximum Gasteiger partial charge on any atom is 0.243 e. The maximum atomic E-state index is 13.0. The van der Waals surface area contributed by atoms with Crippen LogP contribution in [-0.2, 0) is 30.8 Å². The summed E-state index contributed by atoms with van der Waals surface area (Å²) < 4.78 is 32.6. The first-order chi connectivity index (χ1) is 13.9. The van der Waals surface area contributed by atoms with Crippen LogP contribution in [0.4, 0.5) is 5.69 Å². The number of carbonyl (C=O) groups excluding carboxylic acids is 2. The number of benzene rings is 1. The molecule has 0 radical (unpaired) electrons. The van der Waals surface area contributed by atoms with E-state index in [2.05, 4.69) is 5.32 Å². The molecular formula is C20H27N3O5S. The number of sulfonamides is 1. The fourth-order valence-electron chi connectivity index (χ4n) is 4.49. The van der Waals surface area contributed by atoms with E-state index < -0.39 is 16.1 Å². The lowest BCUT2D eigenvalue weighted by Gasteiger charge is -2.26. The number of ether oxygens (including phenoxy) is 1. The summed E-state index contributed by atoms with van der Waals surface area (Å²) >= 11 is 0. The molecule has 3 aliphatic rings. The van der Waals surface area contributed by atoms with Crippen LogP contribution < -0.4 is 10.2 Å². The van der Waals surface area contributed by atoms with E-state index in [0.717, 1.165) is 25.7 Å². The van der Waals surface area contributed by atoms with Crippen molar-refractivity contribution in [1.82, 2.24) is 9.62 Å². The largest absolute Gasteiger partial charge is 0.379 e. The van der Waals surface area contributed by atoms with Crippen molar-refractivity contribution in [1.29, 1.82) is 0 Å². The molecule has 1 saturated heterocycles. The zero-order chi connectivity index (χ0) is 20.6. The Morgan fingerprint density at radius 1 is 1.14 bits per heavy atom. The monoisotopic (exact) mass is 421 g/mol.